The Balaban J connectivity index is 2.01. The maximum Gasteiger partial charge on any atom is 0.377 e. The number of rotatable bonds is 6. The van der Waals surface area contributed by atoms with Gasteiger partial charge in [0, 0.05) is 24.4 Å². The number of aliphatic carboxylic acids is 1. The highest BCUT2D eigenvalue weighted by Crippen LogP contribution is 2.35. The fourth-order valence-corrected chi connectivity index (χ4v) is 3.63. The quantitative estimate of drug-likeness (QED) is 0.222. The highest BCUT2D eigenvalue weighted by molar-refractivity contribution is 5.82. The molecule has 3 rings (SSSR count). The largest absolute Gasteiger partial charge is 0.476 e. The van der Waals surface area contributed by atoms with Gasteiger partial charge in [0.1, 0.15) is 23.5 Å². The van der Waals surface area contributed by atoms with Gasteiger partial charge in [-0.1, -0.05) is 0 Å². The number of carbonyl (C=O) groups is 2. The number of carboxylic acids is 1. The zero-order valence-corrected chi connectivity index (χ0v) is 17.1. The van der Waals surface area contributed by atoms with Gasteiger partial charge < -0.3 is 44.7 Å². The molecule has 12 nitrogen and oxygen atoms in total. The van der Waals surface area contributed by atoms with Gasteiger partial charge in [0.2, 0.25) is 5.91 Å². The Kier molecular flexibility index (Phi) is 6.53. The number of aliphatic hydroxyl groups is 4. The predicted octanol–water partition coefficient (Wildman–Crippen LogP) is -1.41. The molecule has 1 amide bonds. The first-order chi connectivity index (χ1) is 14.9. The van der Waals surface area contributed by atoms with Crippen LogP contribution in [0.15, 0.2) is 33.5 Å². The van der Waals surface area contributed by atoms with Crippen LogP contribution >= 0.6 is 0 Å². The molecule has 6 N–H and O–H groups in total. The van der Waals surface area contributed by atoms with Gasteiger partial charge >= 0.3 is 17.4 Å². The Bertz CT molecular complexity index is 1080. The van der Waals surface area contributed by atoms with E-state index in [1.807, 2.05) is 0 Å². The van der Waals surface area contributed by atoms with Crippen molar-refractivity contribution in [3.63, 3.8) is 0 Å². The van der Waals surface area contributed by atoms with Crippen LogP contribution in [0.4, 0.5) is 0 Å². The van der Waals surface area contributed by atoms with Crippen LogP contribution in [-0.2, 0) is 14.3 Å². The van der Waals surface area contributed by atoms with Crippen LogP contribution in [0.1, 0.15) is 18.9 Å². The molecule has 1 aromatic carbocycles. The number of fused-ring (bicyclic) bond motifs is 1. The van der Waals surface area contributed by atoms with Gasteiger partial charge in [-0.25, -0.2) is 9.59 Å². The second-order valence-corrected chi connectivity index (χ2v) is 7.55. The molecule has 1 saturated heterocycles. The summed E-state index contributed by atoms with van der Waals surface area (Å²) in [6.45, 7) is 2.80. The van der Waals surface area contributed by atoms with E-state index in [9.17, 15) is 39.9 Å². The van der Waals surface area contributed by atoms with E-state index in [0.29, 0.717) is 10.9 Å². The van der Waals surface area contributed by atoms with Gasteiger partial charge in [0.05, 0.1) is 18.6 Å². The summed E-state index contributed by atoms with van der Waals surface area (Å²) in [6, 6.07) is 4.11. The molecular weight excluding hydrogens is 430 g/mol. The van der Waals surface area contributed by atoms with Crippen molar-refractivity contribution < 1.29 is 49.0 Å². The standard InChI is InChI=1S/C20H23NO11/c1-8-5-14(24)30-13-6-10(3-4-11(8)13)31-20(19(28)29)7-12(23)15(21-9(2)22)17(32-20)16(25)18(26)27/h3-6,12,15-18,23,25-27H,7H2,1-2H3,(H,21,22)(H,28,29)/t12-,15-,16+,17?,20-/m1/s1. The zero-order valence-electron chi connectivity index (χ0n) is 17.1. The lowest BCUT2D eigenvalue weighted by Gasteiger charge is -2.46. The number of carboxylic acid groups (broad SMARTS) is 1. The van der Waals surface area contributed by atoms with E-state index in [4.69, 9.17) is 13.9 Å². The smallest absolute Gasteiger partial charge is 0.377 e. The van der Waals surface area contributed by atoms with E-state index >= 15 is 0 Å². The Morgan fingerprint density at radius 1 is 1.25 bits per heavy atom. The highest BCUT2D eigenvalue weighted by Gasteiger charge is 2.56. The predicted molar refractivity (Wildman–Crippen MR) is 106 cm³/mol. The number of amides is 1. The minimum Gasteiger partial charge on any atom is -0.476 e. The monoisotopic (exact) mass is 453 g/mol. The Hall–Kier alpha value is -3.03. The normalized spacial score (nSPS) is 26.7. The second kappa shape index (κ2) is 8.84. The maximum absolute atomic E-state index is 12.1. The molecule has 0 saturated carbocycles. The summed E-state index contributed by atoms with van der Waals surface area (Å²) < 4.78 is 16.1. The topological polar surface area (TPSA) is 196 Å². The number of aliphatic hydroxyl groups excluding tert-OH is 3. The summed E-state index contributed by atoms with van der Waals surface area (Å²) in [5, 5.41) is 52.2. The van der Waals surface area contributed by atoms with Crippen molar-refractivity contribution in [1.29, 1.82) is 0 Å². The van der Waals surface area contributed by atoms with E-state index in [0.717, 1.165) is 6.92 Å². The highest BCUT2D eigenvalue weighted by atomic mass is 16.7. The molecule has 5 atom stereocenters. The molecule has 1 unspecified atom stereocenters. The molecule has 174 valence electrons. The van der Waals surface area contributed by atoms with Gasteiger partial charge in [-0.2, -0.15) is 0 Å². The van der Waals surface area contributed by atoms with Crippen molar-refractivity contribution in [3.8, 4) is 5.75 Å². The molecule has 0 aliphatic carbocycles. The van der Waals surface area contributed by atoms with Gasteiger partial charge in [0.25, 0.3) is 0 Å². The summed E-state index contributed by atoms with van der Waals surface area (Å²) in [7, 11) is 0. The van der Waals surface area contributed by atoms with E-state index in [1.54, 1.807) is 6.92 Å². The molecule has 1 aliphatic heterocycles. The minimum absolute atomic E-state index is 0.100. The molecule has 12 heteroatoms. The van der Waals surface area contributed by atoms with Crippen molar-refractivity contribution in [2.24, 2.45) is 0 Å². The molecule has 0 bridgehead atoms. The van der Waals surface area contributed by atoms with Crippen LogP contribution in [0.2, 0.25) is 0 Å². The number of benzene rings is 1. The first-order valence-electron chi connectivity index (χ1n) is 9.57. The number of hydrogen-bond donors (Lipinski definition) is 6. The lowest BCUT2D eigenvalue weighted by molar-refractivity contribution is -0.293. The number of nitrogens with one attached hydrogen (secondary N) is 1. The summed E-state index contributed by atoms with van der Waals surface area (Å²) in [6.07, 6.45) is -8.53. The third kappa shape index (κ3) is 4.59. The number of carbonyl (C=O) groups excluding carboxylic acids is 1. The Labute approximate surface area is 180 Å². The van der Waals surface area contributed by atoms with Crippen LogP contribution in [0.3, 0.4) is 0 Å². The molecule has 0 spiro atoms. The molecule has 32 heavy (non-hydrogen) atoms. The fourth-order valence-electron chi connectivity index (χ4n) is 3.63. The van der Waals surface area contributed by atoms with E-state index < -0.39 is 60.4 Å². The molecule has 2 heterocycles. The Morgan fingerprint density at radius 3 is 2.53 bits per heavy atom. The van der Waals surface area contributed by atoms with Crippen molar-refractivity contribution in [3.05, 3.63) is 40.2 Å². The number of hydrogen-bond acceptors (Lipinski definition) is 10. The molecular formula is C20H23NO11. The van der Waals surface area contributed by atoms with Gasteiger partial charge in [-0.15, -0.1) is 0 Å². The number of ether oxygens (including phenoxy) is 2. The number of aryl methyl sites for hydroxylation is 1. The lowest BCUT2D eigenvalue weighted by Crippen LogP contribution is -2.68. The van der Waals surface area contributed by atoms with Crippen LogP contribution in [0.5, 0.6) is 5.75 Å². The fraction of sp³-hybridized carbons (Fsp3) is 0.450. The van der Waals surface area contributed by atoms with Crippen LogP contribution in [0.25, 0.3) is 11.0 Å². The average Bonchev–Trinajstić information content (AvgIpc) is 2.68. The van der Waals surface area contributed by atoms with Gasteiger partial charge in [-0.3, -0.25) is 4.79 Å². The molecule has 2 aromatic rings. The first kappa shape index (κ1) is 23.6. The third-order valence-corrected chi connectivity index (χ3v) is 5.12. The van der Waals surface area contributed by atoms with Crippen LogP contribution in [0, 0.1) is 6.92 Å². The van der Waals surface area contributed by atoms with E-state index in [1.165, 1.54) is 24.3 Å². The van der Waals surface area contributed by atoms with Crippen LogP contribution < -0.4 is 15.7 Å². The summed E-state index contributed by atoms with van der Waals surface area (Å²) in [4.78, 5) is 35.3. The minimum atomic E-state index is -2.58. The molecule has 0 radical (unpaired) electrons. The van der Waals surface area contributed by atoms with Crippen molar-refractivity contribution >= 4 is 22.8 Å². The summed E-state index contributed by atoms with van der Waals surface area (Å²) in [5.74, 6) is -5.00. The van der Waals surface area contributed by atoms with E-state index in [2.05, 4.69) is 5.32 Å². The summed E-state index contributed by atoms with van der Waals surface area (Å²) in [5.41, 5.74) is 0.115. The Morgan fingerprint density at radius 2 is 1.94 bits per heavy atom. The molecule has 1 fully saturated rings. The van der Waals surface area contributed by atoms with Gasteiger partial charge in [0.15, 0.2) is 6.29 Å². The average molecular weight is 453 g/mol. The van der Waals surface area contributed by atoms with Gasteiger partial charge in [-0.05, 0) is 24.6 Å². The summed E-state index contributed by atoms with van der Waals surface area (Å²) >= 11 is 0. The second-order valence-electron chi connectivity index (χ2n) is 7.55. The van der Waals surface area contributed by atoms with Crippen LogP contribution in [-0.4, -0.2) is 73.8 Å². The van der Waals surface area contributed by atoms with Crippen molar-refractivity contribution in [2.45, 2.75) is 56.7 Å². The zero-order chi connectivity index (χ0) is 23.8. The molecule has 1 aliphatic rings. The maximum atomic E-state index is 12.1. The van der Waals surface area contributed by atoms with Crippen molar-refractivity contribution in [2.75, 3.05) is 0 Å². The first-order valence-corrected chi connectivity index (χ1v) is 9.57. The lowest BCUT2D eigenvalue weighted by atomic mass is 9.89. The SMILES string of the molecule is CC(=O)N[C@H]1C([C@H](O)C(O)O)O[C@@](Oc2ccc3c(C)cc(=O)oc3c2)(C(=O)O)C[C@H]1O. The third-order valence-electron chi connectivity index (χ3n) is 5.12. The van der Waals surface area contributed by atoms with E-state index in [-0.39, 0.29) is 11.3 Å². The van der Waals surface area contributed by atoms with Crippen molar-refractivity contribution in [1.82, 2.24) is 5.32 Å². The molecule has 1 aromatic heterocycles.